The topological polar surface area (TPSA) is 51.0 Å². The third-order valence-electron chi connectivity index (χ3n) is 6.20. The molecule has 0 bridgehead atoms. The van der Waals surface area contributed by atoms with Gasteiger partial charge >= 0.3 is 0 Å². The molecule has 1 aromatic heterocycles. The normalized spacial score (nSPS) is 20.5. The molecule has 0 radical (unpaired) electrons. The van der Waals surface area contributed by atoms with Gasteiger partial charge in [0.05, 0.1) is 0 Å². The molecule has 6 heteroatoms. The Balaban J connectivity index is 1.31. The van der Waals surface area contributed by atoms with E-state index in [9.17, 15) is 4.79 Å². The van der Waals surface area contributed by atoms with E-state index in [1.807, 2.05) is 13.3 Å². The molecule has 2 aliphatic rings. The highest BCUT2D eigenvalue weighted by Gasteiger charge is 2.31. The molecule has 4 rings (SSSR count). The van der Waals surface area contributed by atoms with Crippen molar-refractivity contribution >= 4 is 17.7 Å². The monoisotopic (exact) mass is 384 g/mol. The lowest BCUT2D eigenvalue weighted by molar-refractivity contribution is -0.137. The van der Waals surface area contributed by atoms with Gasteiger partial charge in [0.1, 0.15) is 5.82 Å². The van der Waals surface area contributed by atoms with Crippen molar-refractivity contribution in [2.75, 3.05) is 19.3 Å². The Bertz CT molecular complexity index is 810. The lowest BCUT2D eigenvalue weighted by Crippen LogP contribution is -2.43. The SMILES string of the molecule is CSc1nnc(CC2CCN(C(=O)C3CCc4ccccc4C3)CC2)n1C. The van der Waals surface area contributed by atoms with E-state index in [4.69, 9.17) is 0 Å². The molecule has 0 saturated carbocycles. The third kappa shape index (κ3) is 3.91. The Morgan fingerprint density at radius 2 is 1.89 bits per heavy atom. The number of carbonyl (C=O) groups is 1. The Kier molecular flexibility index (Phi) is 5.53. The van der Waals surface area contributed by atoms with Crippen molar-refractivity contribution < 1.29 is 4.79 Å². The van der Waals surface area contributed by atoms with Gasteiger partial charge in [0, 0.05) is 32.5 Å². The van der Waals surface area contributed by atoms with Gasteiger partial charge in [-0.3, -0.25) is 4.79 Å². The zero-order chi connectivity index (χ0) is 18.8. The fraction of sp³-hybridized carbons (Fsp3) is 0.571. The molecule has 144 valence electrons. The summed E-state index contributed by atoms with van der Waals surface area (Å²) in [7, 11) is 2.04. The Labute approximate surface area is 165 Å². The Hall–Kier alpha value is -1.82. The van der Waals surface area contributed by atoms with E-state index in [2.05, 4.69) is 43.9 Å². The van der Waals surface area contributed by atoms with Gasteiger partial charge in [0.25, 0.3) is 0 Å². The number of aryl methyl sites for hydroxylation is 1. The van der Waals surface area contributed by atoms with Gasteiger partial charge in [-0.1, -0.05) is 36.0 Å². The Morgan fingerprint density at radius 3 is 2.59 bits per heavy atom. The summed E-state index contributed by atoms with van der Waals surface area (Å²) < 4.78 is 2.10. The summed E-state index contributed by atoms with van der Waals surface area (Å²) in [6.45, 7) is 1.77. The summed E-state index contributed by atoms with van der Waals surface area (Å²) in [5.74, 6) is 2.19. The summed E-state index contributed by atoms with van der Waals surface area (Å²) >= 11 is 1.63. The second kappa shape index (κ2) is 8.05. The maximum atomic E-state index is 13.0. The lowest BCUT2D eigenvalue weighted by Gasteiger charge is -2.35. The zero-order valence-corrected chi connectivity index (χ0v) is 17.0. The Morgan fingerprint density at radius 1 is 1.15 bits per heavy atom. The first-order chi connectivity index (χ1) is 13.2. The highest BCUT2D eigenvalue weighted by Crippen LogP contribution is 2.29. The van der Waals surface area contributed by atoms with Crippen LogP contribution in [0.5, 0.6) is 0 Å². The molecule has 1 aliphatic heterocycles. The van der Waals surface area contributed by atoms with Crippen LogP contribution in [0.3, 0.4) is 0 Å². The molecule has 2 heterocycles. The first-order valence-electron chi connectivity index (χ1n) is 9.93. The molecule has 1 saturated heterocycles. The third-order valence-corrected chi connectivity index (χ3v) is 6.92. The summed E-state index contributed by atoms with van der Waals surface area (Å²) in [6, 6.07) is 8.58. The highest BCUT2D eigenvalue weighted by molar-refractivity contribution is 7.98. The molecule has 1 fully saturated rings. The lowest BCUT2D eigenvalue weighted by atomic mass is 9.82. The van der Waals surface area contributed by atoms with E-state index < -0.39 is 0 Å². The quantitative estimate of drug-likeness (QED) is 0.760. The summed E-state index contributed by atoms with van der Waals surface area (Å²) in [5.41, 5.74) is 2.79. The van der Waals surface area contributed by atoms with E-state index in [-0.39, 0.29) is 5.92 Å². The number of hydrogen-bond donors (Lipinski definition) is 0. The van der Waals surface area contributed by atoms with Crippen molar-refractivity contribution in [3.05, 3.63) is 41.2 Å². The van der Waals surface area contributed by atoms with Crippen LogP contribution in [0.2, 0.25) is 0 Å². The standard InChI is InChI=1S/C21H28N4OS/c1-24-19(22-23-21(24)27-2)13-15-9-11-25(12-10-15)20(26)18-8-7-16-5-3-4-6-17(16)14-18/h3-6,15,18H,7-14H2,1-2H3. The highest BCUT2D eigenvalue weighted by atomic mass is 32.2. The molecule has 1 aromatic carbocycles. The molecule has 5 nitrogen and oxygen atoms in total. The maximum Gasteiger partial charge on any atom is 0.226 e. The largest absolute Gasteiger partial charge is 0.342 e. The molecular weight excluding hydrogens is 356 g/mol. The van der Waals surface area contributed by atoms with Gasteiger partial charge in [-0.15, -0.1) is 10.2 Å². The van der Waals surface area contributed by atoms with Crippen molar-refractivity contribution in [2.45, 2.75) is 43.7 Å². The van der Waals surface area contributed by atoms with E-state index in [0.29, 0.717) is 11.8 Å². The summed E-state index contributed by atoms with van der Waals surface area (Å²) in [4.78, 5) is 15.1. The summed E-state index contributed by atoms with van der Waals surface area (Å²) in [6.07, 6.45) is 8.06. The predicted octanol–water partition coefficient (Wildman–Crippen LogP) is 3.12. The van der Waals surface area contributed by atoms with E-state index >= 15 is 0 Å². The zero-order valence-electron chi connectivity index (χ0n) is 16.2. The van der Waals surface area contributed by atoms with Crippen LogP contribution in [0.4, 0.5) is 0 Å². The van der Waals surface area contributed by atoms with Gasteiger partial charge in [-0.25, -0.2) is 0 Å². The number of carbonyl (C=O) groups excluding carboxylic acids is 1. The maximum absolute atomic E-state index is 13.0. The van der Waals surface area contributed by atoms with Crippen LogP contribution in [0.1, 0.15) is 36.2 Å². The van der Waals surface area contributed by atoms with Gasteiger partial charge in [0.2, 0.25) is 5.91 Å². The second-order valence-electron chi connectivity index (χ2n) is 7.84. The fourth-order valence-corrected chi connectivity index (χ4v) is 4.98. The minimum Gasteiger partial charge on any atom is -0.342 e. The molecular formula is C21H28N4OS. The van der Waals surface area contributed by atoms with Crippen LogP contribution in [-0.4, -0.2) is 44.9 Å². The second-order valence-corrected chi connectivity index (χ2v) is 8.62. The van der Waals surface area contributed by atoms with Gasteiger partial charge in [-0.05, 0) is 55.4 Å². The molecule has 1 atom stereocenters. The fourth-order valence-electron chi connectivity index (χ4n) is 4.48. The minimum atomic E-state index is 0.166. The number of amides is 1. The van der Waals surface area contributed by atoms with Gasteiger partial charge in [0.15, 0.2) is 5.16 Å². The van der Waals surface area contributed by atoms with Gasteiger partial charge < -0.3 is 9.47 Å². The van der Waals surface area contributed by atoms with Crippen LogP contribution in [-0.2, 0) is 31.1 Å². The van der Waals surface area contributed by atoms with Crippen LogP contribution >= 0.6 is 11.8 Å². The number of piperidine rings is 1. The van der Waals surface area contributed by atoms with E-state index in [1.165, 1.54) is 11.1 Å². The number of hydrogen-bond acceptors (Lipinski definition) is 4. The van der Waals surface area contributed by atoms with Crippen molar-refractivity contribution in [3.8, 4) is 0 Å². The molecule has 1 aliphatic carbocycles. The first kappa shape index (κ1) is 18.5. The molecule has 0 spiro atoms. The predicted molar refractivity (Wildman–Crippen MR) is 108 cm³/mol. The van der Waals surface area contributed by atoms with Crippen molar-refractivity contribution in [1.82, 2.24) is 19.7 Å². The average Bonchev–Trinajstić information content (AvgIpc) is 3.07. The molecule has 1 amide bonds. The van der Waals surface area contributed by atoms with Crippen LogP contribution in [0.25, 0.3) is 0 Å². The van der Waals surface area contributed by atoms with E-state index in [0.717, 1.165) is 62.6 Å². The van der Waals surface area contributed by atoms with Crippen LogP contribution in [0, 0.1) is 11.8 Å². The summed E-state index contributed by atoms with van der Waals surface area (Å²) in [5, 5.41) is 9.54. The number of nitrogens with zero attached hydrogens (tertiary/aromatic N) is 4. The van der Waals surface area contributed by atoms with Crippen molar-refractivity contribution in [1.29, 1.82) is 0 Å². The number of rotatable bonds is 4. The molecule has 2 aromatic rings. The molecule has 1 unspecified atom stereocenters. The number of aromatic nitrogens is 3. The first-order valence-corrected chi connectivity index (χ1v) is 11.2. The average molecular weight is 385 g/mol. The van der Waals surface area contributed by atoms with Crippen molar-refractivity contribution in [3.63, 3.8) is 0 Å². The number of likely N-dealkylation sites (tertiary alicyclic amines) is 1. The minimum absolute atomic E-state index is 0.166. The number of fused-ring (bicyclic) bond motifs is 1. The molecule has 27 heavy (non-hydrogen) atoms. The van der Waals surface area contributed by atoms with Crippen LogP contribution < -0.4 is 0 Å². The van der Waals surface area contributed by atoms with Crippen LogP contribution in [0.15, 0.2) is 29.4 Å². The van der Waals surface area contributed by atoms with Gasteiger partial charge in [-0.2, -0.15) is 0 Å². The number of thioether (sulfide) groups is 1. The van der Waals surface area contributed by atoms with Crippen molar-refractivity contribution in [2.24, 2.45) is 18.9 Å². The smallest absolute Gasteiger partial charge is 0.226 e. The van der Waals surface area contributed by atoms with E-state index in [1.54, 1.807) is 11.8 Å². The molecule has 0 N–H and O–H groups in total. The number of benzene rings is 1.